The minimum atomic E-state index is 0.114. The second-order valence-electron chi connectivity index (χ2n) is 3.11. The number of allylic oxidation sites excluding steroid dienone is 2. The van der Waals surface area contributed by atoms with Crippen LogP contribution in [0.2, 0.25) is 0 Å². The van der Waals surface area contributed by atoms with Crippen LogP contribution >= 0.6 is 0 Å². The van der Waals surface area contributed by atoms with Crippen LogP contribution in [0.5, 0.6) is 0 Å². The van der Waals surface area contributed by atoms with Gasteiger partial charge in [0.25, 0.3) is 0 Å². The van der Waals surface area contributed by atoms with Crippen molar-refractivity contribution in [3.05, 3.63) is 23.9 Å². The second kappa shape index (κ2) is 4.10. The maximum Gasteiger partial charge on any atom is 0.250 e. The third-order valence-corrected chi connectivity index (χ3v) is 1.84. The second-order valence-corrected chi connectivity index (χ2v) is 3.11. The fourth-order valence-electron chi connectivity index (χ4n) is 1.22. The van der Waals surface area contributed by atoms with Gasteiger partial charge in [-0.05, 0) is 19.8 Å². The van der Waals surface area contributed by atoms with E-state index in [0.717, 1.165) is 25.0 Å². The van der Waals surface area contributed by atoms with Crippen molar-refractivity contribution in [2.75, 3.05) is 6.54 Å². The Kier molecular flexibility index (Phi) is 3.09. The van der Waals surface area contributed by atoms with E-state index in [2.05, 4.69) is 6.92 Å². The fourth-order valence-corrected chi connectivity index (χ4v) is 1.22. The lowest BCUT2D eigenvalue weighted by molar-refractivity contribution is -0.123. The maximum absolute atomic E-state index is 11.4. The van der Waals surface area contributed by atoms with Gasteiger partial charge in [0.1, 0.15) is 0 Å². The van der Waals surface area contributed by atoms with Gasteiger partial charge in [0.15, 0.2) is 0 Å². The van der Waals surface area contributed by atoms with Crippen molar-refractivity contribution in [3.8, 4) is 0 Å². The first-order valence-electron chi connectivity index (χ1n) is 4.38. The van der Waals surface area contributed by atoms with Gasteiger partial charge >= 0.3 is 0 Å². The van der Waals surface area contributed by atoms with Gasteiger partial charge in [-0.1, -0.05) is 18.6 Å². The number of amides is 1. The molecule has 2 heteroatoms. The summed E-state index contributed by atoms with van der Waals surface area (Å²) in [5.74, 6) is 0.114. The highest BCUT2D eigenvalue weighted by Crippen LogP contribution is 2.08. The van der Waals surface area contributed by atoms with Crippen LogP contribution in [0.25, 0.3) is 0 Å². The molecule has 0 unspecified atom stereocenters. The van der Waals surface area contributed by atoms with Gasteiger partial charge in [0.05, 0.1) is 0 Å². The lowest BCUT2D eigenvalue weighted by Gasteiger charge is -2.13. The van der Waals surface area contributed by atoms with Crippen LogP contribution in [-0.4, -0.2) is 17.4 Å². The van der Waals surface area contributed by atoms with E-state index in [0.29, 0.717) is 0 Å². The predicted molar refractivity (Wildman–Crippen MR) is 49.5 cm³/mol. The standard InChI is InChI=1S/C10H15NO/c1-3-6-11-7-4-5-9(2)8-10(11)12/h4,7-8H,3,5-6H2,1-2H3. The third kappa shape index (κ3) is 2.22. The third-order valence-electron chi connectivity index (χ3n) is 1.84. The molecule has 0 N–H and O–H groups in total. The van der Waals surface area contributed by atoms with E-state index in [4.69, 9.17) is 0 Å². The van der Waals surface area contributed by atoms with Crippen LogP contribution in [0.1, 0.15) is 26.7 Å². The van der Waals surface area contributed by atoms with Gasteiger partial charge in [-0.25, -0.2) is 0 Å². The number of rotatable bonds is 2. The largest absolute Gasteiger partial charge is 0.316 e. The van der Waals surface area contributed by atoms with Gasteiger partial charge in [-0.15, -0.1) is 0 Å². The van der Waals surface area contributed by atoms with Gasteiger partial charge in [0, 0.05) is 18.8 Å². The van der Waals surface area contributed by atoms with Crippen molar-refractivity contribution in [3.63, 3.8) is 0 Å². The zero-order chi connectivity index (χ0) is 8.97. The Morgan fingerprint density at radius 2 is 2.33 bits per heavy atom. The van der Waals surface area contributed by atoms with E-state index in [9.17, 15) is 4.79 Å². The molecule has 12 heavy (non-hydrogen) atoms. The van der Waals surface area contributed by atoms with E-state index < -0.39 is 0 Å². The molecule has 0 aliphatic carbocycles. The van der Waals surface area contributed by atoms with Gasteiger partial charge in [0.2, 0.25) is 5.91 Å². The van der Waals surface area contributed by atoms with Crippen molar-refractivity contribution in [1.29, 1.82) is 0 Å². The van der Waals surface area contributed by atoms with Crippen molar-refractivity contribution in [1.82, 2.24) is 4.90 Å². The molecule has 1 rings (SSSR count). The van der Waals surface area contributed by atoms with Crippen LogP contribution in [0.15, 0.2) is 23.9 Å². The summed E-state index contributed by atoms with van der Waals surface area (Å²) in [5.41, 5.74) is 1.13. The predicted octanol–water partition coefficient (Wildman–Crippen LogP) is 2.09. The maximum atomic E-state index is 11.4. The van der Waals surface area contributed by atoms with Crippen molar-refractivity contribution < 1.29 is 4.79 Å². The highest BCUT2D eigenvalue weighted by molar-refractivity contribution is 5.89. The van der Waals surface area contributed by atoms with Gasteiger partial charge in [-0.3, -0.25) is 4.79 Å². The molecular weight excluding hydrogens is 150 g/mol. The first kappa shape index (κ1) is 9.04. The summed E-state index contributed by atoms with van der Waals surface area (Å²) in [6, 6.07) is 0. The van der Waals surface area contributed by atoms with E-state index in [-0.39, 0.29) is 5.91 Å². The molecular formula is C10H15NO. The van der Waals surface area contributed by atoms with Crippen LogP contribution in [0.3, 0.4) is 0 Å². The monoisotopic (exact) mass is 165 g/mol. The summed E-state index contributed by atoms with van der Waals surface area (Å²) in [6.07, 6.45) is 7.54. The number of carbonyl (C=O) groups is 1. The number of hydrogen-bond acceptors (Lipinski definition) is 1. The summed E-state index contributed by atoms with van der Waals surface area (Å²) in [7, 11) is 0. The molecule has 0 spiro atoms. The molecule has 0 atom stereocenters. The van der Waals surface area contributed by atoms with Gasteiger partial charge < -0.3 is 4.90 Å². The summed E-state index contributed by atoms with van der Waals surface area (Å²) < 4.78 is 0. The number of hydrogen-bond donors (Lipinski definition) is 0. The van der Waals surface area contributed by atoms with E-state index >= 15 is 0 Å². The molecule has 66 valence electrons. The molecule has 0 bridgehead atoms. The van der Waals surface area contributed by atoms with Crippen LogP contribution in [0, 0.1) is 0 Å². The Morgan fingerprint density at radius 1 is 1.58 bits per heavy atom. The minimum absolute atomic E-state index is 0.114. The summed E-state index contributed by atoms with van der Waals surface area (Å²) in [4.78, 5) is 13.2. The molecule has 0 radical (unpaired) electrons. The molecule has 2 nitrogen and oxygen atoms in total. The van der Waals surface area contributed by atoms with Crippen LogP contribution in [-0.2, 0) is 4.79 Å². The number of carbonyl (C=O) groups excluding carboxylic acids is 1. The molecule has 1 aliphatic heterocycles. The van der Waals surface area contributed by atoms with Crippen molar-refractivity contribution in [2.45, 2.75) is 26.7 Å². The molecule has 0 aromatic carbocycles. The molecule has 0 aromatic heterocycles. The molecule has 1 aliphatic rings. The van der Waals surface area contributed by atoms with E-state index in [1.54, 1.807) is 11.0 Å². The molecule has 0 aromatic rings. The fraction of sp³-hybridized carbons (Fsp3) is 0.500. The molecule has 1 amide bonds. The Bertz CT molecular complexity index is 228. The highest BCUT2D eigenvalue weighted by Gasteiger charge is 2.08. The first-order valence-corrected chi connectivity index (χ1v) is 4.38. The summed E-state index contributed by atoms with van der Waals surface area (Å²) in [6.45, 7) is 4.87. The normalized spacial score (nSPS) is 17.7. The van der Waals surface area contributed by atoms with Crippen molar-refractivity contribution >= 4 is 5.91 Å². The Labute approximate surface area is 73.6 Å². The molecule has 0 fully saturated rings. The highest BCUT2D eigenvalue weighted by atomic mass is 16.2. The lowest BCUT2D eigenvalue weighted by atomic mass is 10.2. The Balaban J connectivity index is 2.70. The van der Waals surface area contributed by atoms with E-state index in [1.165, 1.54) is 0 Å². The average Bonchev–Trinajstić information content (AvgIpc) is 2.15. The topological polar surface area (TPSA) is 20.3 Å². The van der Waals surface area contributed by atoms with Crippen molar-refractivity contribution in [2.24, 2.45) is 0 Å². The van der Waals surface area contributed by atoms with Crippen LogP contribution < -0.4 is 0 Å². The lowest BCUT2D eigenvalue weighted by Crippen LogP contribution is -2.23. The zero-order valence-electron chi connectivity index (χ0n) is 7.71. The zero-order valence-corrected chi connectivity index (χ0v) is 7.71. The Morgan fingerprint density at radius 3 is 3.00 bits per heavy atom. The average molecular weight is 165 g/mol. The molecule has 0 saturated heterocycles. The minimum Gasteiger partial charge on any atom is -0.316 e. The molecule has 1 heterocycles. The van der Waals surface area contributed by atoms with E-state index in [1.807, 2.05) is 19.2 Å². The Hall–Kier alpha value is -1.05. The first-order chi connectivity index (χ1) is 5.74. The molecule has 0 saturated carbocycles. The SMILES string of the molecule is CCCN1C=CCC(C)=CC1=O. The quantitative estimate of drug-likeness (QED) is 0.613. The number of nitrogens with zero attached hydrogens (tertiary/aromatic N) is 1. The van der Waals surface area contributed by atoms with Gasteiger partial charge in [-0.2, -0.15) is 0 Å². The summed E-state index contributed by atoms with van der Waals surface area (Å²) >= 11 is 0. The summed E-state index contributed by atoms with van der Waals surface area (Å²) in [5, 5.41) is 0. The smallest absolute Gasteiger partial charge is 0.250 e. The van der Waals surface area contributed by atoms with Crippen LogP contribution in [0.4, 0.5) is 0 Å².